The number of benzene rings is 2. The van der Waals surface area contributed by atoms with E-state index >= 15 is 0 Å². The molecule has 0 bridgehead atoms. The van der Waals surface area contributed by atoms with Gasteiger partial charge in [-0.05, 0) is 55.0 Å². The number of aliphatic hydroxyl groups excluding tert-OH is 1. The Morgan fingerprint density at radius 1 is 1.03 bits per heavy atom. The average Bonchev–Trinajstić information content (AvgIpc) is 3.41. The first-order chi connectivity index (χ1) is 15.0. The fraction of sp³-hybridized carbons (Fsp3) is 0.375. The second-order valence-corrected chi connectivity index (χ2v) is 8.55. The number of rotatable bonds is 3. The lowest BCUT2D eigenvalue weighted by atomic mass is 9.77. The Morgan fingerprint density at radius 2 is 1.77 bits per heavy atom. The van der Waals surface area contributed by atoms with Crippen LogP contribution in [0.25, 0.3) is 11.0 Å². The molecule has 0 spiro atoms. The van der Waals surface area contributed by atoms with Crippen LogP contribution in [0, 0.1) is 11.8 Å². The van der Waals surface area contributed by atoms with E-state index < -0.39 is 12.1 Å². The summed E-state index contributed by atoms with van der Waals surface area (Å²) >= 11 is 0. The summed E-state index contributed by atoms with van der Waals surface area (Å²) in [4.78, 5) is 31.3. The molecule has 5 rings (SSSR count). The number of aromatic nitrogens is 2. The van der Waals surface area contributed by atoms with Crippen molar-refractivity contribution < 1.29 is 19.4 Å². The number of para-hydroxylation sites is 2. The van der Waals surface area contributed by atoms with E-state index in [0.29, 0.717) is 36.6 Å². The number of carbonyl (C=O) groups is 2. The maximum atomic E-state index is 13.1. The van der Waals surface area contributed by atoms with Crippen LogP contribution >= 0.6 is 0 Å². The number of imidazole rings is 1. The van der Waals surface area contributed by atoms with Crippen molar-refractivity contribution in [3.8, 4) is 0 Å². The minimum Gasteiger partial charge on any atom is -0.465 e. The predicted molar refractivity (Wildman–Crippen MR) is 115 cm³/mol. The maximum Gasteiger partial charge on any atom is 0.337 e. The van der Waals surface area contributed by atoms with Crippen LogP contribution in [0.5, 0.6) is 0 Å². The molecule has 2 aliphatic rings. The smallest absolute Gasteiger partial charge is 0.337 e. The van der Waals surface area contributed by atoms with Gasteiger partial charge in [-0.1, -0.05) is 18.2 Å². The molecule has 1 amide bonds. The minimum atomic E-state index is -0.475. The van der Waals surface area contributed by atoms with Crippen molar-refractivity contribution in [2.24, 2.45) is 11.8 Å². The molecular formula is C24H25N3O4. The molecule has 1 aliphatic carbocycles. The standard InChI is InChI=1S/C24H25N3O4/c1-31-24(30)16-6-4-5-15(9-16)23(29)26-12-17-10-21(22(28)11-18(17)13-26)27-14-25-19-7-2-3-8-20(19)27/h2-9,14,17-18,21-22,28H,10-13H2,1H3/t17-,18+,21-,22-/m1/s1. The van der Waals surface area contributed by atoms with Crippen molar-refractivity contribution in [2.45, 2.75) is 25.0 Å². The molecule has 160 valence electrons. The van der Waals surface area contributed by atoms with Gasteiger partial charge in [-0.15, -0.1) is 0 Å². The van der Waals surface area contributed by atoms with Gasteiger partial charge in [-0.3, -0.25) is 4.79 Å². The van der Waals surface area contributed by atoms with E-state index in [1.807, 2.05) is 35.5 Å². The Kier molecular flexibility index (Phi) is 4.98. The summed E-state index contributed by atoms with van der Waals surface area (Å²) in [5.74, 6) is 0.0543. The number of esters is 1. The number of amides is 1. The monoisotopic (exact) mass is 419 g/mol. The molecule has 7 heteroatoms. The van der Waals surface area contributed by atoms with E-state index in [2.05, 4.69) is 9.55 Å². The number of methoxy groups -OCH3 is 1. The van der Waals surface area contributed by atoms with Crippen molar-refractivity contribution >= 4 is 22.9 Å². The van der Waals surface area contributed by atoms with Gasteiger partial charge in [0.15, 0.2) is 0 Å². The lowest BCUT2D eigenvalue weighted by molar-refractivity contribution is 0.0374. The third-order valence-corrected chi connectivity index (χ3v) is 6.77. The van der Waals surface area contributed by atoms with Gasteiger partial charge in [0.2, 0.25) is 0 Å². The quantitative estimate of drug-likeness (QED) is 0.660. The molecule has 1 saturated heterocycles. The fourth-order valence-electron chi connectivity index (χ4n) is 5.19. The largest absolute Gasteiger partial charge is 0.465 e. The summed E-state index contributed by atoms with van der Waals surface area (Å²) in [6, 6.07) is 14.6. The Morgan fingerprint density at radius 3 is 2.58 bits per heavy atom. The lowest BCUT2D eigenvalue weighted by Gasteiger charge is -2.36. The normalized spacial score (nSPS) is 25.4. The van der Waals surface area contributed by atoms with Crippen molar-refractivity contribution in [3.63, 3.8) is 0 Å². The molecule has 4 atom stereocenters. The maximum absolute atomic E-state index is 13.1. The minimum absolute atomic E-state index is 0.0497. The first-order valence-electron chi connectivity index (χ1n) is 10.6. The lowest BCUT2D eigenvalue weighted by Crippen LogP contribution is -2.36. The Labute approximate surface area is 180 Å². The highest BCUT2D eigenvalue weighted by atomic mass is 16.5. The second kappa shape index (κ2) is 7.81. The average molecular weight is 419 g/mol. The van der Waals surface area contributed by atoms with Crippen LogP contribution in [-0.2, 0) is 4.74 Å². The number of hydrogen-bond donors (Lipinski definition) is 1. The van der Waals surface area contributed by atoms with E-state index in [1.165, 1.54) is 7.11 Å². The number of ether oxygens (including phenoxy) is 1. The number of likely N-dealkylation sites (tertiary alicyclic amines) is 1. The highest BCUT2D eigenvalue weighted by Gasteiger charge is 2.44. The molecule has 0 unspecified atom stereocenters. The summed E-state index contributed by atoms with van der Waals surface area (Å²) in [6.07, 6.45) is 2.80. The number of carbonyl (C=O) groups excluding carboxylic acids is 2. The molecule has 1 N–H and O–H groups in total. The Hall–Kier alpha value is -3.19. The number of fused-ring (bicyclic) bond motifs is 2. The Balaban J connectivity index is 1.34. The first-order valence-corrected chi connectivity index (χ1v) is 10.6. The highest BCUT2D eigenvalue weighted by Crippen LogP contribution is 2.42. The van der Waals surface area contributed by atoms with Gasteiger partial charge < -0.3 is 19.3 Å². The molecule has 7 nitrogen and oxygen atoms in total. The Bertz CT molecular complexity index is 1140. The van der Waals surface area contributed by atoms with Gasteiger partial charge in [-0.25, -0.2) is 9.78 Å². The van der Waals surface area contributed by atoms with Crippen LogP contribution < -0.4 is 0 Å². The van der Waals surface area contributed by atoms with Gasteiger partial charge >= 0.3 is 5.97 Å². The van der Waals surface area contributed by atoms with Gasteiger partial charge in [0, 0.05) is 18.7 Å². The topological polar surface area (TPSA) is 84.7 Å². The number of nitrogens with zero attached hydrogens (tertiary/aromatic N) is 3. The summed E-state index contributed by atoms with van der Waals surface area (Å²) < 4.78 is 6.85. The SMILES string of the molecule is COC(=O)c1cccc(C(=O)N2C[C@H]3C[C@@H](n4cnc5ccccc54)[C@H](O)C[C@H]3C2)c1. The van der Waals surface area contributed by atoms with Crippen molar-refractivity contribution in [1.82, 2.24) is 14.5 Å². The molecule has 1 aromatic heterocycles. The molecular weight excluding hydrogens is 394 g/mol. The fourth-order valence-corrected chi connectivity index (χ4v) is 5.19. The van der Waals surface area contributed by atoms with Crippen molar-refractivity contribution in [2.75, 3.05) is 20.2 Å². The molecule has 2 heterocycles. The second-order valence-electron chi connectivity index (χ2n) is 8.55. The van der Waals surface area contributed by atoms with E-state index in [9.17, 15) is 14.7 Å². The molecule has 1 aliphatic heterocycles. The van der Waals surface area contributed by atoms with Crippen LogP contribution in [0.3, 0.4) is 0 Å². The van der Waals surface area contributed by atoms with Gasteiger partial charge in [-0.2, -0.15) is 0 Å². The summed E-state index contributed by atoms with van der Waals surface area (Å²) in [5.41, 5.74) is 2.80. The molecule has 2 aromatic carbocycles. The molecule has 31 heavy (non-hydrogen) atoms. The van der Waals surface area contributed by atoms with E-state index in [4.69, 9.17) is 4.74 Å². The summed E-state index contributed by atoms with van der Waals surface area (Å²) in [6.45, 7) is 1.28. The predicted octanol–water partition coefficient (Wildman–Crippen LogP) is 2.91. The third kappa shape index (κ3) is 3.49. The molecule has 3 aromatic rings. The number of hydrogen-bond acceptors (Lipinski definition) is 5. The van der Waals surface area contributed by atoms with Crippen molar-refractivity contribution in [3.05, 3.63) is 66.0 Å². The highest BCUT2D eigenvalue weighted by molar-refractivity contribution is 5.98. The van der Waals surface area contributed by atoms with E-state index in [-0.39, 0.29) is 17.9 Å². The van der Waals surface area contributed by atoms with Gasteiger partial charge in [0.25, 0.3) is 5.91 Å². The molecule has 2 fully saturated rings. The van der Waals surface area contributed by atoms with Crippen molar-refractivity contribution in [1.29, 1.82) is 0 Å². The molecule has 0 radical (unpaired) electrons. The van der Waals surface area contributed by atoms with Crippen LogP contribution in [0.1, 0.15) is 39.6 Å². The zero-order valence-corrected chi connectivity index (χ0v) is 17.3. The molecule has 1 saturated carbocycles. The summed E-state index contributed by atoms with van der Waals surface area (Å²) in [5, 5.41) is 10.9. The third-order valence-electron chi connectivity index (χ3n) is 6.77. The van der Waals surface area contributed by atoms with E-state index in [1.54, 1.807) is 24.3 Å². The van der Waals surface area contributed by atoms with Gasteiger partial charge in [0.05, 0.1) is 42.2 Å². The van der Waals surface area contributed by atoms with Crippen LogP contribution in [0.15, 0.2) is 54.9 Å². The summed E-state index contributed by atoms with van der Waals surface area (Å²) in [7, 11) is 1.33. The number of aliphatic hydroxyl groups is 1. The zero-order valence-electron chi connectivity index (χ0n) is 17.3. The van der Waals surface area contributed by atoms with Crippen LogP contribution in [0.2, 0.25) is 0 Å². The van der Waals surface area contributed by atoms with Crippen LogP contribution in [-0.4, -0.2) is 57.7 Å². The van der Waals surface area contributed by atoms with Crippen LogP contribution in [0.4, 0.5) is 0 Å². The van der Waals surface area contributed by atoms with E-state index in [0.717, 1.165) is 17.5 Å². The first kappa shape index (κ1) is 19.8. The van der Waals surface area contributed by atoms with Gasteiger partial charge in [0.1, 0.15) is 0 Å². The zero-order chi connectivity index (χ0) is 21.5.